The first-order valence-corrected chi connectivity index (χ1v) is 9.26. The summed E-state index contributed by atoms with van der Waals surface area (Å²) in [7, 11) is -3.37. The molecule has 1 aliphatic heterocycles. The third kappa shape index (κ3) is 6.85. The number of hydrogen-bond donors (Lipinski definition) is 1. The van der Waals surface area contributed by atoms with E-state index in [1.54, 1.807) is 0 Å². The topological polar surface area (TPSA) is 67.9 Å². The normalized spacial score (nSPS) is 16.7. The molecule has 0 aromatic heterocycles. The van der Waals surface area contributed by atoms with Gasteiger partial charge in [0, 0.05) is 19.6 Å². The van der Waals surface area contributed by atoms with Gasteiger partial charge in [-0.1, -0.05) is 35.2 Å². The lowest BCUT2D eigenvalue weighted by Gasteiger charge is -2.26. The Hall–Kier alpha value is -0.990. The van der Waals surface area contributed by atoms with Crippen molar-refractivity contribution in [3.8, 4) is 0 Å². The van der Waals surface area contributed by atoms with Crippen molar-refractivity contribution in [1.82, 2.24) is 9.79 Å². The lowest BCUT2D eigenvalue weighted by atomic mass is 10.1. The van der Waals surface area contributed by atoms with E-state index in [4.69, 9.17) is 9.57 Å². The van der Waals surface area contributed by atoms with Gasteiger partial charge in [-0.25, -0.2) is 8.42 Å². The van der Waals surface area contributed by atoms with Crippen molar-refractivity contribution in [1.29, 1.82) is 0 Å². The number of nitrogens with zero attached hydrogens (tertiary/aromatic N) is 1. The van der Waals surface area contributed by atoms with Crippen LogP contribution in [0, 0.1) is 0 Å². The molecule has 0 amide bonds. The Morgan fingerprint density at radius 3 is 2.64 bits per heavy atom. The fraction of sp³-hybridized carbons (Fsp3) is 0.600. The summed E-state index contributed by atoms with van der Waals surface area (Å²) < 4.78 is 28.9. The van der Waals surface area contributed by atoms with Gasteiger partial charge in [0.05, 0.1) is 25.6 Å². The molecule has 1 aromatic carbocycles. The zero-order valence-corrected chi connectivity index (χ0v) is 13.6. The molecule has 0 radical (unpaired) electrons. The summed E-state index contributed by atoms with van der Waals surface area (Å²) in [6.45, 7) is 4.24. The van der Waals surface area contributed by atoms with Gasteiger partial charge >= 0.3 is 0 Å². The highest BCUT2D eigenvalue weighted by atomic mass is 32.2. The molecule has 124 valence electrons. The molecule has 1 saturated heterocycles. The maximum absolute atomic E-state index is 11.8. The van der Waals surface area contributed by atoms with Gasteiger partial charge in [0.15, 0.2) is 0 Å². The van der Waals surface area contributed by atoms with Gasteiger partial charge in [-0.05, 0) is 18.4 Å². The first-order valence-electron chi connectivity index (χ1n) is 7.61. The Kier molecular flexibility index (Phi) is 7.28. The predicted molar refractivity (Wildman–Crippen MR) is 84.9 cm³/mol. The molecule has 1 N–H and O–H groups in total. The summed E-state index contributed by atoms with van der Waals surface area (Å²) in [5.74, 6) is 0.0689. The van der Waals surface area contributed by atoms with E-state index in [-0.39, 0.29) is 5.75 Å². The van der Waals surface area contributed by atoms with Crippen molar-refractivity contribution in [2.75, 3.05) is 45.2 Å². The molecule has 6 nitrogen and oxygen atoms in total. The third-order valence-corrected chi connectivity index (χ3v) is 4.72. The van der Waals surface area contributed by atoms with E-state index in [0.29, 0.717) is 19.6 Å². The minimum Gasteiger partial charge on any atom is -0.379 e. The summed E-state index contributed by atoms with van der Waals surface area (Å²) in [5, 5.41) is 0. The van der Waals surface area contributed by atoms with E-state index < -0.39 is 10.0 Å². The Balaban J connectivity index is 1.57. The van der Waals surface area contributed by atoms with Crippen molar-refractivity contribution in [3.63, 3.8) is 0 Å². The van der Waals surface area contributed by atoms with Gasteiger partial charge in [0.25, 0.3) is 0 Å². The lowest BCUT2D eigenvalue weighted by molar-refractivity contribution is 0.0125. The minimum absolute atomic E-state index is 0.0689. The zero-order valence-electron chi connectivity index (χ0n) is 12.7. The van der Waals surface area contributed by atoms with E-state index in [0.717, 1.165) is 38.3 Å². The summed E-state index contributed by atoms with van der Waals surface area (Å²) in [6, 6.07) is 9.86. The Bertz CT molecular complexity index is 516. The van der Waals surface area contributed by atoms with Crippen LogP contribution in [0.25, 0.3) is 0 Å². The molecule has 0 unspecified atom stereocenters. The third-order valence-electron chi connectivity index (χ3n) is 3.52. The van der Waals surface area contributed by atoms with Crippen molar-refractivity contribution in [3.05, 3.63) is 35.9 Å². The van der Waals surface area contributed by atoms with Crippen molar-refractivity contribution >= 4 is 10.0 Å². The van der Waals surface area contributed by atoms with Gasteiger partial charge in [-0.15, -0.1) is 0 Å². The van der Waals surface area contributed by atoms with Crippen LogP contribution in [0.3, 0.4) is 0 Å². The highest BCUT2D eigenvalue weighted by Gasteiger charge is 2.12. The van der Waals surface area contributed by atoms with Crippen molar-refractivity contribution < 1.29 is 18.0 Å². The largest absolute Gasteiger partial charge is 0.379 e. The first-order chi connectivity index (χ1) is 10.7. The molecule has 1 heterocycles. The maximum atomic E-state index is 11.8. The van der Waals surface area contributed by atoms with Crippen LogP contribution in [0.1, 0.15) is 12.0 Å². The number of hydrogen-bond acceptors (Lipinski definition) is 5. The average Bonchev–Trinajstić information content (AvgIpc) is 2.53. The SMILES string of the molecule is O=S(=O)(CCCc1ccccc1)NOCCN1CCOCC1. The number of nitrogens with one attached hydrogen (secondary N) is 1. The molecule has 7 heteroatoms. The number of benzene rings is 1. The molecule has 22 heavy (non-hydrogen) atoms. The second-order valence-electron chi connectivity index (χ2n) is 5.29. The summed E-state index contributed by atoms with van der Waals surface area (Å²) in [6.07, 6.45) is 1.32. The average molecular weight is 328 g/mol. The Morgan fingerprint density at radius 2 is 1.91 bits per heavy atom. The fourth-order valence-corrected chi connectivity index (χ4v) is 3.15. The van der Waals surface area contributed by atoms with E-state index in [9.17, 15) is 8.42 Å². The Morgan fingerprint density at radius 1 is 1.18 bits per heavy atom. The summed E-state index contributed by atoms with van der Waals surface area (Å²) in [4.78, 5) is 9.47. The van der Waals surface area contributed by atoms with Crippen LogP contribution >= 0.6 is 0 Å². The molecule has 2 rings (SSSR count). The first kappa shape index (κ1) is 17.4. The van der Waals surface area contributed by atoms with Crippen LogP contribution in [0.4, 0.5) is 0 Å². The summed E-state index contributed by atoms with van der Waals surface area (Å²) >= 11 is 0. The predicted octanol–water partition coefficient (Wildman–Crippen LogP) is 0.802. The van der Waals surface area contributed by atoms with E-state index in [2.05, 4.69) is 9.79 Å². The molecule has 1 fully saturated rings. The molecule has 1 aliphatic rings. The molecule has 0 spiro atoms. The minimum atomic E-state index is -3.37. The number of morpholine rings is 1. The fourth-order valence-electron chi connectivity index (χ4n) is 2.28. The molecule has 0 aliphatic carbocycles. The van der Waals surface area contributed by atoms with Crippen molar-refractivity contribution in [2.45, 2.75) is 12.8 Å². The quantitative estimate of drug-likeness (QED) is 0.536. The van der Waals surface area contributed by atoms with Crippen LogP contribution in [0.5, 0.6) is 0 Å². The molecule has 0 bridgehead atoms. The molecular formula is C15H24N2O4S. The molecule has 0 atom stereocenters. The van der Waals surface area contributed by atoms with Crippen molar-refractivity contribution in [2.24, 2.45) is 0 Å². The highest BCUT2D eigenvalue weighted by Crippen LogP contribution is 2.03. The van der Waals surface area contributed by atoms with Crippen LogP contribution in [0.15, 0.2) is 30.3 Å². The standard InChI is InChI=1S/C15H24N2O4S/c18-22(19,14-4-7-15-5-2-1-3-6-15)16-21-13-10-17-8-11-20-12-9-17/h1-3,5-6,16H,4,7-14H2. The van der Waals surface area contributed by atoms with E-state index in [1.165, 1.54) is 0 Å². The van der Waals surface area contributed by atoms with Crippen LogP contribution in [-0.2, 0) is 26.0 Å². The van der Waals surface area contributed by atoms with Gasteiger partial charge in [-0.2, -0.15) is 0 Å². The van der Waals surface area contributed by atoms with Crippen LogP contribution < -0.4 is 4.89 Å². The molecular weight excluding hydrogens is 304 g/mol. The number of sulfonamides is 1. The second kappa shape index (κ2) is 9.22. The van der Waals surface area contributed by atoms with Gasteiger partial charge < -0.3 is 4.74 Å². The molecule has 1 aromatic rings. The van der Waals surface area contributed by atoms with Gasteiger partial charge in [0.2, 0.25) is 10.0 Å². The van der Waals surface area contributed by atoms with Gasteiger partial charge in [0.1, 0.15) is 0 Å². The smallest absolute Gasteiger partial charge is 0.233 e. The van der Waals surface area contributed by atoms with E-state index >= 15 is 0 Å². The van der Waals surface area contributed by atoms with Gasteiger partial charge in [-0.3, -0.25) is 9.74 Å². The maximum Gasteiger partial charge on any atom is 0.233 e. The number of aryl methyl sites for hydroxylation is 1. The number of ether oxygens (including phenoxy) is 1. The second-order valence-corrected chi connectivity index (χ2v) is 7.10. The zero-order chi connectivity index (χ0) is 15.7. The van der Waals surface area contributed by atoms with E-state index in [1.807, 2.05) is 30.3 Å². The lowest BCUT2D eigenvalue weighted by Crippen LogP contribution is -2.39. The number of rotatable bonds is 9. The van der Waals surface area contributed by atoms with Crippen LogP contribution in [0.2, 0.25) is 0 Å². The summed E-state index contributed by atoms with van der Waals surface area (Å²) in [5.41, 5.74) is 1.14. The highest BCUT2D eigenvalue weighted by molar-refractivity contribution is 7.89. The monoisotopic (exact) mass is 328 g/mol. The Labute approximate surface area is 132 Å². The van der Waals surface area contributed by atoms with Crippen LogP contribution in [-0.4, -0.2) is 58.5 Å². The molecule has 0 saturated carbocycles.